The number of aryl methyl sites for hydroxylation is 1. The van der Waals surface area contributed by atoms with Gasteiger partial charge in [-0.2, -0.15) is 4.57 Å². The maximum Gasteiger partial charge on any atom is 0.263 e. The second-order valence-corrected chi connectivity index (χ2v) is 9.81. The van der Waals surface area contributed by atoms with Gasteiger partial charge in [-0.3, -0.25) is 0 Å². The average Bonchev–Trinajstić information content (AvgIpc) is 3.22. The Hall–Kier alpha value is -1.46. The van der Waals surface area contributed by atoms with Gasteiger partial charge in [-0.15, -0.1) is 0 Å². The van der Waals surface area contributed by atoms with Crippen LogP contribution < -0.4 is 9.47 Å². The van der Waals surface area contributed by atoms with Crippen LogP contribution in [0.1, 0.15) is 32.2 Å². The van der Waals surface area contributed by atoms with Crippen LogP contribution in [0.4, 0.5) is 5.69 Å². The maximum atomic E-state index is 6.21. The Morgan fingerprint density at radius 3 is 2.55 bits per heavy atom. The second-order valence-electron chi connectivity index (χ2n) is 6.81. The van der Waals surface area contributed by atoms with Crippen LogP contribution in [0.25, 0.3) is 16.3 Å². The molecule has 1 aromatic heterocycles. The molecule has 0 atom stereocenters. The molecule has 0 amide bonds. The Morgan fingerprint density at radius 2 is 1.83 bits per heavy atom. The molecule has 29 heavy (non-hydrogen) atoms. The summed E-state index contributed by atoms with van der Waals surface area (Å²) in [6.07, 6.45) is 5.61. The average molecular weight is 462 g/mol. The zero-order chi connectivity index (χ0) is 20.5. The van der Waals surface area contributed by atoms with Crippen molar-refractivity contribution in [2.24, 2.45) is 0 Å². The zero-order valence-corrected chi connectivity index (χ0v) is 19.9. The number of aromatic nitrogens is 1. The lowest BCUT2D eigenvalue weighted by molar-refractivity contribution is -0.665. The predicted octanol–water partition coefficient (Wildman–Crippen LogP) is 7.78. The van der Waals surface area contributed by atoms with Gasteiger partial charge in [-0.25, -0.2) is 0 Å². The van der Waals surface area contributed by atoms with Crippen molar-refractivity contribution < 1.29 is 4.57 Å². The smallest absolute Gasteiger partial charge is 0.263 e. The van der Waals surface area contributed by atoms with Gasteiger partial charge in [-0.1, -0.05) is 53.2 Å². The third-order valence-corrected chi connectivity index (χ3v) is 7.70. The number of anilines is 1. The molecule has 0 fully saturated rings. The van der Waals surface area contributed by atoms with Gasteiger partial charge in [-0.05, 0) is 62.2 Å². The minimum absolute atomic E-state index is 0.785. The van der Waals surface area contributed by atoms with Crippen molar-refractivity contribution in [3.63, 3.8) is 0 Å². The summed E-state index contributed by atoms with van der Waals surface area (Å²) in [4.78, 5) is 3.58. The lowest BCUT2D eigenvalue weighted by atomic mass is 10.2. The van der Waals surface area contributed by atoms with Crippen LogP contribution in [-0.2, 0) is 6.54 Å². The lowest BCUT2D eigenvalue weighted by Crippen LogP contribution is -2.33. The van der Waals surface area contributed by atoms with E-state index in [0.29, 0.717) is 0 Å². The summed E-state index contributed by atoms with van der Waals surface area (Å²) < 4.78 is 3.58. The molecule has 0 unspecified atom stereocenters. The first-order chi connectivity index (χ1) is 14.0. The number of nitrogens with zero attached hydrogens (tertiary/aromatic N) is 2. The number of hydrogen-bond donors (Lipinski definition) is 0. The highest BCUT2D eigenvalue weighted by Gasteiger charge is 2.24. The molecule has 6 heteroatoms. The maximum absolute atomic E-state index is 6.21. The van der Waals surface area contributed by atoms with E-state index in [9.17, 15) is 0 Å². The number of rotatable bonds is 5. The molecular formula is C23H23Cl2N2S2+. The third-order valence-electron chi connectivity index (χ3n) is 5.04. The Kier molecular flexibility index (Phi) is 6.26. The largest absolute Gasteiger partial charge is 0.335 e. The fraction of sp³-hybridized carbons (Fsp3) is 0.261. The van der Waals surface area contributed by atoms with E-state index in [-0.39, 0.29) is 0 Å². The van der Waals surface area contributed by atoms with E-state index < -0.39 is 0 Å². The van der Waals surface area contributed by atoms with Gasteiger partial charge in [0.2, 0.25) is 5.52 Å². The predicted molar refractivity (Wildman–Crippen MR) is 129 cm³/mol. The Bertz CT molecular complexity index is 1130. The van der Waals surface area contributed by atoms with Crippen LogP contribution in [0.3, 0.4) is 0 Å². The monoisotopic (exact) mass is 461 g/mol. The van der Waals surface area contributed by atoms with Gasteiger partial charge in [0.1, 0.15) is 11.2 Å². The number of thiazole rings is 1. The molecule has 0 saturated carbocycles. The molecule has 150 valence electrons. The zero-order valence-electron chi connectivity index (χ0n) is 16.7. The summed E-state index contributed by atoms with van der Waals surface area (Å²) in [6.45, 7) is 8.45. The standard InChI is InChI=1S/C23H23Cl2N2S2/c1-4-15(11-22-26(5-2)18-9-7-16(24)13-20(18)28-22)12-23-27(6-3)19-10-8-17(25)14-21(19)29-23/h7-14H,4-6H2,1-3H3/q+1. The van der Waals surface area contributed by atoms with E-state index >= 15 is 0 Å². The summed E-state index contributed by atoms with van der Waals surface area (Å²) in [5.74, 6) is 0. The number of benzene rings is 2. The summed E-state index contributed by atoms with van der Waals surface area (Å²) in [5.41, 5.74) is 3.79. The third kappa shape index (κ3) is 4.09. The van der Waals surface area contributed by atoms with E-state index in [1.165, 1.54) is 36.4 Å². The first-order valence-electron chi connectivity index (χ1n) is 9.83. The molecular weight excluding hydrogens is 439 g/mol. The molecule has 1 aliphatic rings. The van der Waals surface area contributed by atoms with Gasteiger partial charge in [0.25, 0.3) is 5.01 Å². The van der Waals surface area contributed by atoms with Crippen molar-refractivity contribution >= 4 is 68.3 Å². The molecule has 0 aliphatic carbocycles. The van der Waals surface area contributed by atoms with Crippen LogP contribution in [-0.4, -0.2) is 6.54 Å². The van der Waals surface area contributed by atoms with Crippen molar-refractivity contribution in [3.8, 4) is 0 Å². The minimum atomic E-state index is 0.785. The van der Waals surface area contributed by atoms with Gasteiger partial charge in [0.05, 0.1) is 10.7 Å². The first-order valence-corrected chi connectivity index (χ1v) is 12.2. The van der Waals surface area contributed by atoms with Gasteiger partial charge < -0.3 is 4.90 Å². The molecule has 0 radical (unpaired) electrons. The number of allylic oxidation sites excluding steroid dienone is 2. The molecule has 1 aliphatic heterocycles. The quantitative estimate of drug-likeness (QED) is 0.358. The second kappa shape index (κ2) is 8.73. The summed E-state index contributed by atoms with van der Waals surface area (Å²) in [6, 6.07) is 12.3. The summed E-state index contributed by atoms with van der Waals surface area (Å²) in [5, 5.41) is 4.08. The van der Waals surface area contributed by atoms with Crippen LogP contribution in [0.15, 0.2) is 58.0 Å². The van der Waals surface area contributed by atoms with Crippen LogP contribution in [0.2, 0.25) is 10.0 Å². The van der Waals surface area contributed by atoms with E-state index in [2.05, 4.69) is 66.7 Å². The Balaban J connectivity index is 1.75. The highest BCUT2D eigenvalue weighted by molar-refractivity contribution is 8.03. The van der Waals surface area contributed by atoms with Gasteiger partial charge in [0.15, 0.2) is 0 Å². The number of halogens is 2. The molecule has 0 bridgehead atoms. The number of fused-ring (bicyclic) bond motifs is 2. The molecule has 0 saturated heterocycles. The lowest BCUT2D eigenvalue weighted by Gasteiger charge is -2.18. The molecule has 0 N–H and O–H groups in total. The first kappa shape index (κ1) is 20.8. The van der Waals surface area contributed by atoms with E-state index in [1.807, 2.05) is 12.1 Å². The van der Waals surface area contributed by atoms with Crippen LogP contribution in [0, 0.1) is 0 Å². The van der Waals surface area contributed by atoms with Crippen molar-refractivity contribution in [1.82, 2.24) is 0 Å². The number of hydrogen-bond acceptors (Lipinski definition) is 3. The fourth-order valence-corrected chi connectivity index (χ4v) is 6.55. The Morgan fingerprint density at radius 1 is 1.07 bits per heavy atom. The molecule has 2 heterocycles. The Labute approximate surface area is 190 Å². The van der Waals surface area contributed by atoms with E-state index in [0.717, 1.165) is 29.6 Å². The normalized spacial score (nSPS) is 15.6. The van der Waals surface area contributed by atoms with E-state index in [1.54, 1.807) is 23.1 Å². The molecule has 2 aromatic carbocycles. The van der Waals surface area contributed by atoms with Crippen LogP contribution >= 0.6 is 46.3 Å². The fourth-order valence-electron chi connectivity index (χ4n) is 3.59. The van der Waals surface area contributed by atoms with Gasteiger partial charge in [0, 0.05) is 33.6 Å². The van der Waals surface area contributed by atoms with Crippen molar-refractivity contribution in [2.45, 2.75) is 38.6 Å². The SMILES string of the molecule is CCC(=Cc1sc2cc(Cl)ccc2[n+]1CC)C=C1Sc2cc(Cl)ccc2N1CC. The molecule has 0 spiro atoms. The van der Waals surface area contributed by atoms with Gasteiger partial charge >= 0.3 is 0 Å². The highest BCUT2D eigenvalue weighted by Crippen LogP contribution is 2.47. The van der Waals surface area contributed by atoms with Crippen molar-refractivity contribution in [2.75, 3.05) is 11.4 Å². The highest BCUT2D eigenvalue weighted by atomic mass is 35.5. The summed E-state index contributed by atoms with van der Waals surface area (Å²) in [7, 11) is 0. The van der Waals surface area contributed by atoms with E-state index in [4.69, 9.17) is 23.2 Å². The molecule has 4 rings (SSSR count). The molecule has 3 aromatic rings. The topological polar surface area (TPSA) is 7.12 Å². The summed E-state index contributed by atoms with van der Waals surface area (Å²) >= 11 is 16.0. The minimum Gasteiger partial charge on any atom is -0.335 e. The molecule has 2 nitrogen and oxygen atoms in total. The van der Waals surface area contributed by atoms with Crippen LogP contribution in [0.5, 0.6) is 0 Å². The van der Waals surface area contributed by atoms with Crippen molar-refractivity contribution in [3.05, 3.63) is 68.1 Å². The number of thioether (sulfide) groups is 1. The van der Waals surface area contributed by atoms with Crippen molar-refractivity contribution in [1.29, 1.82) is 0 Å².